The fourth-order valence-corrected chi connectivity index (χ4v) is 0. The Hall–Kier alpha value is -0.740. The van der Waals surface area contributed by atoms with Gasteiger partial charge < -0.3 is 19.8 Å². The highest BCUT2D eigenvalue weighted by molar-refractivity contribution is 7.45. The maximum Gasteiger partial charge on any atom is 0.466 e. The summed E-state index contributed by atoms with van der Waals surface area (Å²) < 4.78 is 8.88. The summed E-state index contributed by atoms with van der Waals surface area (Å²) in [7, 11) is -4.64. The summed E-state index contributed by atoms with van der Waals surface area (Å²) in [6.07, 6.45) is 1.43. The highest BCUT2D eigenvalue weighted by Gasteiger charge is 2.00. The van der Waals surface area contributed by atoms with Gasteiger partial charge in [-0.15, -0.1) is 6.58 Å². The molecule has 0 aromatic carbocycles. The molecule has 0 aliphatic heterocycles. The molecule has 0 amide bonds. The zero-order chi connectivity index (χ0) is 10.6. The summed E-state index contributed by atoms with van der Waals surface area (Å²) in [5.41, 5.74) is 0. The molecule has 12 heavy (non-hydrogen) atoms. The second-order valence-corrected chi connectivity index (χ2v) is 2.16. The van der Waals surface area contributed by atoms with E-state index in [1.807, 2.05) is 0 Å². The van der Waals surface area contributed by atoms with Crippen LogP contribution in [0.15, 0.2) is 19.2 Å². The van der Waals surface area contributed by atoms with Gasteiger partial charge in [-0.1, -0.05) is 6.08 Å². The Kier molecular flexibility index (Phi) is 18.7. The van der Waals surface area contributed by atoms with Gasteiger partial charge in [0.25, 0.3) is 0 Å². The molecule has 0 heterocycles. The second-order valence-electron chi connectivity index (χ2n) is 1.13. The lowest BCUT2D eigenvalue weighted by Crippen LogP contribution is -1.66. The maximum atomic E-state index is 8.88. The first-order valence-corrected chi connectivity index (χ1v) is 4.04. The quantitative estimate of drug-likeness (QED) is 0.250. The van der Waals surface area contributed by atoms with Gasteiger partial charge in [0, 0.05) is 0 Å². The Balaban J connectivity index is -0.000000105. The van der Waals surface area contributed by atoms with E-state index in [4.69, 9.17) is 29.1 Å². The largest absolute Gasteiger partial charge is 0.466 e. The molecule has 0 rings (SSSR count). The van der Waals surface area contributed by atoms with E-state index >= 15 is 0 Å². The minimum Gasteiger partial charge on any atom is -0.392 e. The molecule has 4 N–H and O–H groups in total. The Labute approximate surface area is 69.7 Å². The van der Waals surface area contributed by atoms with Crippen LogP contribution in [0.5, 0.6) is 0 Å². The first-order chi connectivity index (χ1) is 5.33. The summed E-state index contributed by atoms with van der Waals surface area (Å²) >= 11 is 0. The van der Waals surface area contributed by atoms with Crippen molar-refractivity contribution in [3.05, 3.63) is 19.2 Å². The average Bonchev–Trinajstić information content (AvgIpc) is 1.85. The van der Waals surface area contributed by atoms with Gasteiger partial charge >= 0.3 is 7.82 Å². The van der Waals surface area contributed by atoms with Crippen LogP contribution in [0.1, 0.15) is 0 Å². The van der Waals surface area contributed by atoms with E-state index in [-0.39, 0.29) is 6.61 Å². The van der Waals surface area contributed by atoms with Crippen LogP contribution in [0.4, 0.5) is 0 Å². The second kappa shape index (κ2) is 12.9. The molecule has 0 aliphatic rings. The van der Waals surface area contributed by atoms with Gasteiger partial charge in [-0.3, -0.25) is 0 Å². The predicted molar refractivity (Wildman–Crippen MR) is 42.9 cm³/mol. The van der Waals surface area contributed by atoms with Crippen molar-refractivity contribution in [2.75, 3.05) is 6.61 Å². The molecule has 0 fully saturated rings. The lowest BCUT2D eigenvalue weighted by molar-refractivity contribution is 0.275. The number of aliphatic hydroxyl groups is 1. The Morgan fingerprint density at radius 2 is 1.50 bits per heavy atom. The van der Waals surface area contributed by atoms with Gasteiger partial charge in [-0.05, 0) is 6.58 Å². The third-order valence-electron chi connectivity index (χ3n) is 0.129. The van der Waals surface area contributed by atoms with Crippen molar-refractivity contribution in [2.45, 2.75) is 0 Å². The fraction of sp³-hybridized carbons (Fsp3) is 0.200. The fourth-order valence-electron chi connectivity index (χ4n) is 0. The maximum absolute atomic E-state index is 8.88. The molecular weight excluding hydrogens is 187 g/mol. The van der Waals surface area contributed by atoms with Crippen molar-refractivity contribution in [3.8, 4) is 0 Å². The molecule has 72 valence electrons. The zero-order valence-electron chi connectivity index (χ0n) is 6.25. The van der Waals surface area contributed by atoms with Gasteiger partial charge in [0.05, 0.1) is 6.61 Å². The van der Waals surface area contributed by atoms with E-state index < -0.39 is 7.82 Å². The third-order valence-corrected chi connectivity index (χ3v) is 0.129. The van der Waals surface area contributed by atoms with Crippen molar-refractivity contribution >= 4 is 13.8 Å². The molecular formula is C5H11O6P. The smallest absolute Gasteiger partial charge is 0.392 e. The van der Waals surface area contributed by atoms with Gasteiger partial charge in [0.2, 0.25) is 0 Å². The standard InChI is InChI=1S/C3H6O.C2H2O.H3O4P/c1-2-3-4;1-2-3;1-5(2,3)4/h2,4H,1,3H2;1H2;(H3,1,2,3,4). The first-order valence-electron chi connectivity index (χ1n) is 2.47. The minimum absolute atomic E-state index is 0.0833. The molecule has 0 bridgehead atoms. The van der Waals surface area contributed by atoms with Crippen LogP contribution < -0.4 is 0 Å². The molecule has 0 atom stereocenters. The van der Waals surface area contributed by atoms with Crippen LogP contribution in [0.25, 0.3) is 0 Å². The van der Waals surface area contributed by atoms with Crippen LogP contribution in [0.3, 0.4) is 0 Å². The van der Waals surface area contributed by atoms with Crippen LogP contribution in [0.2, 0.25) is 0 Å². The Morgan fingerprint density at radius 3 is 1.50 bits per heavy atom. The van der Waals surface area contributed by atoms with E-state index in [1.165, 1.54) is 12.0 Å². The molecule has 0 aromatic heterocycles. The van der Waals surface area contributed by atoms with E-state index in [0.29, 0.717) is 0 Å². The predicted octanol–water partition coefficient (Wildman–Crippen LogP) is -0.760. The Bertz CT molecular complexity index is 157. The van der Waals surface area contributed by atoms with Crippen molar-refractivity contribution in [1.82, 2.24) is 0 Å². The van der Waals surface area contributed by atoms with Gasteiger partial charge in [0.1, 0.15) is 5.94 Å². The van der Waals surface area contributed by atoms with Crippen molar-refractivity contribution in [3.63, 3.8) is 0 Å². The molecule has 0 unspecified atom stereocenters. The molecule has 6 nitrogen and oxygen atoms in total. The van der Waals surface area contributed by atoms with Gasteiger partial charge in [-0.25, -0.2) is 9.36 Å². The molecule has 0 spiro atoms. The summed E-state index contributed by atoms with van der Waals surface area (Å²) in [6, 6.07) is 0. The molecule has 0 aliphatic carbocycles. The number of hydrogen-bond donors (Lipinski definition) is 4. The van der Waals surface area contributed by atoms with Gasteiger partial charge in [0.15, 0.2) is 0 Å². The average molecular weight is 198 g/mol. The molecule has 7 heteroatoms. The number of rotatable bonds is 1. The highest BCUT2D eigenvalue weighted by atomic mass is 31.2. The topological polar surface area (TPSA) is 115 Å². The van der Waals surface area contributed by atoms with Gasteiger partial charge in [-0.2, -0.15) is 0 Å². The molecule has 0 radical (unpaired) electrons. The van der Waals surface area contributed by atoms with E-state index in [2.05, 4.69) is 13.2 Å². The first kappa shape index (κ1) is 17.4. The number of aliphatic hydroxyl groups excluding tert-OH is 1. The molecule has 0 saturated carbocycles. The molecule has 0 aromatic rings. The third kappa shape index (κ3) is 9350. The van der Waals surface area contributed by atoms with Crippen molar-refractivity contribution in [1.29, 1.82) is 0 Å². The van der Waals surface area contributed by atoms with E-state index in [1.54, 1.807) is 0 Å². The minimum atomic E-state index is -4.64. The van der Waals surface area contributed by atoms with Crippen molar-refractivity contribution < 1.29 is 29.1 Å². The van der Waals surface area contributed by atoms with Crippen LogP contribution in [0, 0.1) is 0 Å². The number of hydrogen-bond acceptors (Lipinski definition) is 3. The summed E-state index contributed by atoms with van der Waals surface area (Å²) in [5.74, 6) is 1.25. The van der Waals surface area contributed by atoms with E-state index in [9.17, 15) is 0 Å². The van der Waals surface area contributed by atoms with Crippen LogP contribution in [-0.2, 0) is 9.36 Å². The summed E-state index contributed by atoms with van der Waals surface area (Å²) in [6.45, 7) is 5.99. The highest BCUT2D eigenvalue weighted by Crippen LogP contribution is 2.25. The normalized spacial score (nSPS) is 7.67. The monoisotopic (exact) mass is 198 g/mol. The lowest BCUT2D eigenvalue weighted by atomic mass is 10.7. The molecule has 0 saturated heterocycles. The number of carbonyl (C=O) groups excluding carboxylic acids is 1. The van der Waals surface area contributed by atoms with Crippen LogP contribution >= 0.6 is 7.82 Å². The summed E-state index contributed by atoms with van der Waals surface area (Å²) in [4.78, 5) is 30.1. The summed E-state index contributed by atoms with van der Waals surface area (Å²) in [5, 5.41) is 7.76. The lowest BCUT2D eigenvalue weighted by Gasteiger charge is -1.82. The van der Waals surface area contributed by atoms with Crippen molar-refractivity contribution in [2.24, 2.45) is 0 Å². The Morgan fingerprint density at radius 1 is 1.42 bits per heavy atom. The number of phosphoric acid groups is 1. The SMILES string of the molecule is C=C=O.C=CCO.O=P(O)(O)O. The van der Waals surface area contributed by atoms with E-state index in [0.717, 1.165) is 0 Å². The van der Waals surface area contributed by atoms with Crippen LogP contribution in [-0.4, -0.2) is 32.3 Å². The zero-order valence-corrected chi connectivity index (χ0v) is 7.15.